The molecule has 2 rings (SSSR count). The molecular formula is C15H14N2O2S. The third kappa shape index (κ3) is 3.80. The third-order valence-electron chi connectivity index (χ3n) is 2.56. The maximum Gasteiger partial charge on any atom is 0.251 e. The number of carbonyl (C=O) groups excluding carboxylic acids is 2. The van der Waals surface area contributed by atoms with Gasteiger partial charge < -0.3 is 10.6 Å². The molecule has 5 heteroatoms. The van der Waals surface area contributed by atoms with Gasteiger partial charge in [0.25, 0.3) is 5.91 Å². The fourth-order valence-corrected chi connectivity index (χ4v) is 2.23. The summed E-state index contributed by atoms with van der Waals surface area (Å²) in [6, 6.07) is 10.6. The van der Waals surface area contributed by atoms with Crippen LogP contribution in [0.3, 0.4) is 0 Å². The van der Waals surface area contributed by atoms with Gasteiger partial charge in [0.1, 0.15) is 0 Å². The van der Waals surface area contributed by atoms with Crippen molar-refractivity contribution in [3.05, 3.63) is 58.3 Å². The van der Waals surface area contributed by atoms with Crippen LogP contribution in [0.25, 0.3) is 6.08 Å². The molecule has 4 nitrogen and oxygen atoms in total. The fourth-order valence-electron chi connectivity index (χ4n) is 1.61. The summed E-state index contributed by atoms with van der Waals surface area (Å²) in [6.07, 6.45) is 3.22. The predicted molar refractivity (Wildman–Crippen MR) is 81.8 cm³/mol. The van der Waals surface area contributed by atoms with Gasteiger partial charge >= 0.3 is 0 Å². The van der Waals surface area contributed by atoms with Crippen molar-refractivity contribution in [2.75, 3.05) is 12.4 Å². The van der Waals surface area contributed by atoms with Crippen molar-refractivity contribution in [3.63, 3.8) is 0 Å². The minimum Gasteiger partial charge on any atom is -0.355 e. The maximum atomic E-state index is 11.8. The zero-order valence-corrected chi connectivity index (χ0v) is 11.7. The Hall–Kier alpha value is -2.40. The Morgan fingerprint density at radius 2 is 2.05 bits per heavy atom. The van der Waals surface area contributed by atoms with Crippen LogP contribution in [0, 0.1) is 0 Å². The molecule has 20 heavy (non-hydrogen) atoms. The van der Waals surface area contributed by atoms with Crippen molar-refractivity contribution < 1.29 is 9.59 Å². The van der Waals surface area contributed by atoms with Gasteiger partial charge in [0, 0.05) is 29.3 Å². The molecule has 2 aromatic rings. The van der Waals surface area contributed by atoms with E-state index in [1.807, 2.05) is 17.5 Å². The van der Waals surface area contributed by atoms with Crippen LogP contribution in [0.5, 0.6) is 0 Å². The van der Waals surface area contributed by atoms with E-state index in [-0.39, 0.29) is 11.8 Å². The van der Waals surface area contributed by atoms with Gasteiger partial charge in [0.05, 0.1) is 0 Å². The van der Waals surface area contributed by atoms with Crippen molar-refractivity contribution in [2.24, 2.45) is 0 Å². The molecule has 0 fully saturated rings. The van der Waals surface area contributed by atoms with Crippen molar-refractivity contribution in [2.45, 2.75) is 0 Å². The highest BCUT2D eigenvalue weighted by molar-refractivity contribution is 7.10. The predicted octanol–water partition coefficient (Wildman–Crippen LogP) is 2.76. The van der Waals surface area contributed by atoms with Crippen LogP contribution in [0.2, 0.25) is 0 Å². The summed E-state index contributed by atoms with van der Waals surface area (Å²) in [4.78, 5) is 24.3. The summed E-state index contributed by atoms with van der Waals surface area (Å²) in [5, 5.41) is 7.21. The molecular weight excluding hydrogens is 272 g/mol. The highest BCUT2D eigenvalue weighted by atomic mass is 32.1. The molecule has 0 unspecified atom stereocenters. The van der Waals surface area contributed by atoms with E-state index < -0.39 is 0 Å². The van der Waals surface area contributed by atoms with Crippen LogP contribution < -0.4 is 10.6 Å². The van der Waals surface area contributed by atoms with E-state index in [4.69, 9.17) is 0 Å². The second-order valence-electron chi connectivity index (χ2n) is 4.00. The molecule has 0 bridgehead atoms. The number of anilines is 1. The molecule has 0 saturated carbocycles. The Kier molecular flexibility index (Phi) is 4.68. The van der Waals surface area contributed by atoms with E-state index in [1.165, 1.54) is 6.08 Å². The van der Waals surface area contributed by atoms with Crippen molar-refractivity contribution in [1.29, 1.82) is 0 Å². The van der Waals surface area contributed by atoms with Crippen LogP contribution in [0.1, 0.15) is 15.2 Å². The first-order valence-corrected chi connectivity index (χ1v) is 6.92. The van der Waals surface area contributed by atoms with Crippen LogP contribution in [0.4, 0.5) is 5.69 Å². The molecule has 0 spiro atoms. The Balaban J connectivity index is 2.02. The molecule has 0 atom stereocenters. The molecule has 102 valence electrons. The minimum atomic E-state index is -0.229. The molecule has 1 aromatic carbocycles. The van der Waals surface area contributed by atoms with Gasteiger partial charge in [-0.3, -0.25) is 9.59 Å². The summed E-state index contributed by atoms with van der Waals surface area (Å²) in [5.41, 5.74) is 1.10. The number of rotatable bonds is 4. The van der Waals surface area contributed by atoms with Gasteiger partial charge in [0.2, 0.25) is 5.91 Å². The van der Waals surface area contributed by atoms with Crippen LogP contribution in [0.15, 0.2) is 47.9 Å². The topological polar surface area (TPSA) is 58.2 Å². The normalized spacial score (nSPS) is 10.4. The van der Waals surface area contributed by atoms with Gasteiger partial charge in [-0.15, -0.1) is 11.3 Å². The SMILES string of the molecule is CNC(=O)c1cccc(NC(=O)/C=C/c2cccs2)c1. The van der Waals surface area contributed by atoms with E-state index in [0.717, 1.165) is 4.88 Å². The highest BCUT2D eigenvalue weighted by Gasteiger charge is 2.04. The third-order valence-corrected chi connectivity index (χ3v) is 3.40. The monoisotopic (exact) mass is 286 g/mol. The zero-order chi connectivity index (χ0) is 14.4. The number of nitrogens with one attached hydrogen (secondary N) is 2. The second-order valence-corrected chi connectivity index (χ2v) is 4.98. The zero-order valence-electron chi connectivity index (χ0n) is 10.9. The number of hydrogen-bond donors (Lipinski definition) is 2. The largest absolute Gasteiger partial charge is 0.355 e. The Morgan fingerprint density at radius 3 is 2.75 bits per heavy atom. The summed E-state index contributed by atoms with van der Waals surface area (Å²) in [5.74, 6) is -0.414. The summed E-state index contributed by atoms with van der Waals surface area (Å²) >= 11 is 1.56. The van der Waals surface area contributed by atoms with Gasteiger partial charge in [-0.1, -0.05) is 12.1 Å². The number of hydrogen-bond acceptors (Lipinski definition) is 3. The van der Waals surface area contributed by atoms with Crippen molar-refractivity contribution in [3.8, 4) is 0 Å². The molecule has 0 aliphatic carbocycles. The number of amides is 2. The lowest BCUT2D eigenvalue weighted by Crippen LogP contribution is -2.18. The first-order valence-electron chi connectivity index (χ1n) is 6.04. The minimum absolute atomic E-state index is 0.185. The van der Waals surface area contributed by atoms with Crippen molar-refractivity contribution >= 4 is 34.9 Å². The van der Waals surface area contributed by atoms with E-state index in [2.05, 4.69) is 10.6 Å². The standard InChI is InChI=1S/C15H14N2O2S/c1-16-15(19)11-4-2-5-12(10-11)17-14(18)8-7-13-6-3-9-20-13/h2-10H,1H3,(H,16,19)(H,17,18)/b8-7+. The molecule has 1 aromatic heterocycles. The average molecular weight is 286 g/mol. The van der Waals surface area contributed by atoms with Gasteiger partial charge in [-0.25, -0.2) is 0 Å². The maximum absolute atomic E-state index is 11.8. The summed E-state index contributed by atoms with van der Waals surface area (Å²) in [6.45, 7) is 0. The van der Waals surface area contributed by atoms with E-state index in [1.54, 1.807) is 48.7 Å². The molecule has 0 saturated heterocycles. The fraction of sp³-hybridized carbons (Fsp3) is 0.0667. The van der Waals surface area contributed by atoms with Gasteiger partial charge in [0.15, 0.2) is 0 Å². The molecule has 2 amide bonds. The second kappa shape index (κ2) is 6.68. The molecule has 0 aliphatic rings. The Bertz CT molecular complexity index is 633. The lowest BCUT2D eigenvalue weighted by molar-refractivity contribution is -0.111. The molecule has 0 radical (unpaired) electrons. The molecule has 0 aliphatic heterocycles. The molecule has 1 heterocycles. The van der Waals surface area contributed by atoms with Gasteiger partial charge in [-0.05, 0) is 35.7 Å². The lowest BCUT2D eigenvalue weighted by Gasteiger charge is -2.04. The van der Waals surface area contributed by atoms with Gasteiger partial charge in [-0.2, -0.15) is 0 Å². The van der Waals surface area contributed by atoms with Crippen LogP contribution in [-0.2, 0) is 4.79 Å². The Labute approximate surface area is 121 Å². The average Bonchev–Trinajstić information content (AvgIpc) is 2.98. The highest BCUT2D eigenvalue weighted by Crippen LogP contribution is 2.12. The number of carbonyl (C=O) groups is 2. The lowest BCUT2D eigenvalue weighted by atomic mass is 10.2. The Morgan fingerprint density at radius 1 is 1.20 bits per heavy atom. The van der Waals surface area contributed by atoms with Crippen LogP contribution >= 0.6 is 11.3 Å². The summed E-state index contributed by atoms with van der Waals surface area (Å²) in [7, 11) is 1.57. The summed E-state index contributed by atoms with van der Waals surface area (Å²) < 4.78 is 0. The first-order chi connectivity index (χ1) is 9.69. The van der Waals surface area contributed by atoms with Crippen LogP contribution in [-0.4, -0.2) is 18.9 Å². The quantitative estimate of drug-likeness (QED) is 0.849. The smallest absolute Gasteiger partial charge is 0.251 e. The first kappa shape index (κ1) is 14.0. The molecule has 2 N–H and O–H groups in total. The number of thiophene rings is 1. The van der Waals surface area contributed by atoms with E-state index >= 15 is 0 Å². The van der Waals surface area contributed by atoms with E-state index in [0.29, 0.717) is 11.3 Å². The van der Waals surface area contributed by atoms with E-state index in [9.17, 15) is 9.59 Å². The number of benzene rings is 1. The van der Waals surface area contributed by atoms with Crippen molar-refractivity contribution in [1.82, 2.24) is 5.32 Å².